The molecule has 1 rings (SSSR count). The van der Waals surface area contributed by atoms with Crippen LogP contribution < -0.4 is 0 Å². The number of rotatable bonds is 4. The van der Waals surface area contributed by atoms with Crippen molar-refractivity contribution in [2.75, 3.05) is 5.75 Å². The van der Waals surface area contributed by atoms with Crippen LogP contribution in [0.2, 0.25) is 0 Å². The van der Waals surface area contributed by atoms with Gasteiger partial charge in [-0.3, -0.25) is 0 Å². The lowest BCUT2D eigenvalue weighted by molar-refractivity contribution is 0.594. The van der Waals surface area contributed by atoms with E-state index < -0.39 is 9.84 Å². The average molecular weight is 223 g/mol. The van der Waals surface area contributed by atoms with Gasteiger partial charge >= 0.3 is 0 Å². The van der Waals surface area contributed by atoms with E-state index in [0.29, 0.717) is 17.5 Å². The van der Waals surface area contributed by atoms with E-state index in [4.69, 9.17) is 5.26 Å². The Morgan fingerprint density at radius 3 is 2.60 bits per heavy atom. The van der Waals surface area contributed by atoms with Crippen molar-refractivity contribution in [3.63, 3.8) is 0 Å². The predicted molar refractivity (Wildman–Crippen MR) is 58.9 cm³/mol. The minimum atomic E-state index is -3.07. The van der Waals surface area contributed by atoms with Gasteiger partial charge in [0.25, 0.3) is 0 Å². The van der Waals surface area contributed by atoms with E-state index in [1.807, 2.05) is 13.0 Å². The average Bonchev–Trinajstić information content (AvgIpc) is 2.17. The summed E-state index contributed by atoms with van der Waals surface area (Å²) >= 11 is 0. The Morgan fingerprint density at radius 2 is 2.00 bits per heavy atom. The fourth-order valence-corrected chi connectivity index (χ4v) is 2.87. The van der Waals surface area contributed by atoms with Crippen molar-refractivity contribution in [3.05, 3.63) is 35.4 Å². The lowest BCUT2D eigenvalue weighted by Gasteiger charge is -2.04. The molecule has 4 heteroatoms. The van der Waals surface area contributed by atoms with Crippen molar-refractivity contribution in [2.24, 2.45) is 0 Å². The second kappa shape index (κ2) is 4.94. The van der Waals surface area contributed by atoms with Crippen LogP contribution in [-0.4, -0.2) is 14.2 Å². The van der Waals surface area contributed by atoms with E-state index in [1.54, 1.807) is 24.3 Å². The molecule has 0 spiro atoms. The molecule has 1 aromatic rings. The fraction of sp³-hybridized carbons (Fsp3) is 0.364. The van der Waals surface area contributed by atoms with Gasteiger partial charge < -0.3 is 0 Å². The Labute approximate surface area is 90.3 Å². The van der Waals surface area contributed by atoms with Crippen LogP contribution in [-0.2, 0) is 15.6 Å². The highest BCUT2D eigenvalue weighted by Crippen LogP contribution is 2.12. The summed E-state index contributed by atoms with van der Waals surface area (Å²) in [6.07, 6.45) is 0.608. The maximum absolute atomic E-state index is 11.6. The molecule has 0 bridgehead atoms. The topological polar surface area (TPSA) is 57.9 Å². The highest BCUT2D eigenvalue weighted by Gasteiger charge is 2.12. The summed E-state index contributed by atoms with van der Waals surface area (Å²) in [7, 11) is -3.07. The first kappa shape index (κ1) is 11.7. The molecule has 0 N–H and O–H groups in total. The van der Waals surface area contributed by atoms with Crippen LogP contribution in [0.25, 0.3) is 0 Å². The van der Waals surface area contributed by atoms with E-state index in [2.05, 4.69) is 0 Å². The first-order valence-electron chi connectivity index (χ1n) is 4.77. The van der Waals surface area contributed by atoms with E-state index in [-0.39, 0.29) is 11.5 Å². The Balaban J connectivity index is 2.96. The smallest absolute Gasteiger partial charge is 0.154 e. The third-order valence-corrected chi connectivity index (χ3v) is 3.81. The molecule has 0 aliphatic carbocycles. The van der Waals surface area contributed by atoms with Crippen molar-refractivity contribution in [1.82, 2.24) is 0 Å². The monoisotopic (exact) mass is 223 g/mol. The summed E-state index contributed by atoms with van der Waals surface area (Å²) in [6, 6.07) is 8.80. The van der Waals surface area contributed by atoms with Crippen LogP contribution in [0.4, 0.5) is 0 Å². The molecule has 1 aromatic carbocycles. The fourth-order valence-electron chi connectivity index (χ4n) is 1.38. The summed E-state index contributed by atoms with van der Waals surface area (Å²) in [5.41, 5.74) is 1.03. The van der Waals surface area contributed by atoms with Gasteiger partial charge in [0.1, 0.15) is 0 Å². The third kappa shape index (κ3) is 3.37. The van der Waals surface area contributed by atoms with Gasteiger partial charge in [-0.25, -0.2) is 8.42 Å². The maximum atomic E-state index is 11.6. The molecule has 0 fully saturated rings. The van der Waals surface area contributed by atoms with Gasteiger partial charge in [0.15, 0.2) is 9.84 Å². The van der Waals surface area contributed by atoms with Crippen molar-refractivity contribution in [3.8, 4) is 6.07 Å². The molecule has 0 unspecified atom stereocenters. The maximum Gasteiger partial charge on any atom is 0.154 e. The van der Waals surface area contributed by atoms with Crippen LogP contribution in [0, 0.1) is 11.3 Å². The molecule has 0 aliphatic heterocycles. The second-order valence-corrected chi connectivity index (χ2v) is 5.55. The zero-order valence-corrected chi connectivity index (χ0v) is 9.42. The molecule has 0 saturated heterocycles. The van der Waals surface area contributed by atoms with Crippen LogP contribution in [0.5, 0.6) is 0 Å². The molecule has 0 aromatic heterocycles. The number of nitrogens with zero attached hydrogens (tertiary/aromatic N) is 1. The van der Waals surface area contributed by atoms with Crippen molar-refractivity contribution < 1.29 is 8.42 Å². The lowest BCUT2D eigenvalue weighted by atomic mass is 10.1. The SMILES string of the molecule is CCCS(=O)(=O)Cc1ccccc1C#N. The molecular weight excluding hydrogens is 210 g/mol. The summed E-state index contributed by atoms with van der Waals surface area (Å²) < 4.78 is 23.1. The van der Waals surface area contributed by atoms with E-state index in [9.17, 15) is 8.42 Å². The molecule has 0 heterocycles. The Hall–Kier alpha value is -1.34. The van der Waals surface area contributed by atoms with Gasteiger partial charge in [-0.05, 0) is 18.1 Å². The molecule has 80 valence electrons. The summed E-state index contributed by atoms with van der Waals surface area (Å²) in [5.74, 6) is 0.136. The number of hydrogen-bond acceptors (Lipinski definition) is 3. The number of sulfone groups is 1. The highest BCUT2D eigenvalue weighted by molar-refractivity contribution is 7.90. The minimum absolute atomic E-state index is 0.0371. The molecule has 0 amide bonds. The molecule has 0 aliphatic rings. The van der Waals surface area contributed by atoms with Crippen LogP contribution >= 0.6 is 0 Å². The molecule has 0 atom stereocenters. The Bertz CT molecular complexity index is 472. The normalized spacial score (nSPS) is 10.9. The van der Waals surface area contributed by atoms with Gasteiger partial charge in [0, 0.05) is 0 Å². The van der Waals surface area contributed by atoms with E-state index in [0.717, 1.165) is 0 Å². The van der Waals surface area contributed by atoms with Gasteiger partial charge in [0.05, 0.1) is 23.1 Å². The predicted octanol–water partition coefficient (Wildman–Crippen LogP) is 1.88. The van der Waals surface area contributed by atoms with Crippen LogP contribution in [0.3, 0.4) is 0 Å². The minimum Gasteiger partial charge on any atom is -0.228 e. The zero-order valence-electron chi connectivity index (χ0n) is 8.60. The number of nitriles is 1. The summed E-state index contributed by atoms with van der Waals surface area (Å²) in [5, 5.41) is 8.80. The second-order valence-electron chi connectivity index (χ2n) is 3.36. The largest absolute Gasteiger partial charge is 0.228 e. The van der Waals surface area contributed by atoms with E-state index in [1.165, 1.54) is 0 Å². The number of hydrogen-bond donors (Lipinski definition) is 0. The summed E-state index contributed by atoms with van der Waals surface area (Å²) in [4.78, 5) is 0. The van der Waals surface area contributed by atoms with Crippen molar-refractivity contribution in [1.29, 1.82) is 5.26 Å². The first-order valence-corrected chi connectivity index (χ1v) is 6.59. The zero-order chi connectivity index (χ0) is 11.3. The van der Waals surface area contributed by atoms with E-state index >= 15 is 0 Å². The quantitative estimate of drug-likeness (QED) is 0.783. The Kier molecular flexibility index (Phi) is 3.87. The van der Waals surface area contributed by atoms with Gasteiger partial charge in [-0.2, -0.15) is 5.26 Å². The van der Waals surface area contributed by atoms with Gasteiger partial charge in [-0.15, -0.1) is 0 Å². The van der Waals surface area contributed by atoms with Crippen molar-refractivity contribution in [2.45, 2.75) is 19.1 Å². The molecule has 0 saturated carbocycles. The van der Waals surface area contributed by atoms with Gasteiger partial charge in [-0.1, -0.05) is 25.1 Å². The molecule has 15 heavy (non-hydrogen) atoms. The van der Waals surface area contributed by atoms with Crippen LogP contribution in [0.15, 0.2) is 24.3 Å². The standard InChI is InChI=1S/C11H13NO2S/c1-2-7-15(13,14)9-11-6-4-3-5-10(11)8-12/h3-6H,2,7,9H2,1H3. The number of benzene rings is 1. The van der Waals surface area contributed by atoms with Gasteiger partial charge in [0.2, 0.25) is 0 Å². The molecule has 0 radical (unpaired) electrons. The lowest BCUT2D eigenvalue weighted by Crippen LogP contribution is -2.09. The highest BCUT2D eigenvalue weighted by atomic mass is 32.2. The molecular formula is C11H13NO2S. The Morgan fingerprint density at radius 1 is 1.33 bits per heavy atom. The third-order valence-electron chi connectivity index (χ3n) is 2.03. The summed E-state index contributed by atoms with van der Waals surface area (Å²) in [6.45, 7) is 1.83. The first-order chi connectivity index (χ1) is 7.09. The van der Waals surface area contributed by atoms with Crippen LogP contribution in [0.1, 0.15) is 24.5 Å². The van der Waals surface area contributed by atoms with Crippen molar-refractivity contribution >= 4 is 9.84 Å². The molecule has 3 nitrogen and oxygen atoms in total.